The van der Waals surface area contributed by atoms with Gasteiger partial charge in [0.15, 0.2) is 0 Å². The number of amides is 2. The molecule has 1 aromatic heterocycles. The fourth-order valence-electron chi connectivity index (χ4n) is 1.30. The van der Waals surface area contributed by atoms with Gasteiger partial charge in [0.2, 0.25) is 0 Å². The summed E-state index contributed by atoms with van der Waals surface area (Å²) in [6, 6.07) is 3.83. The van der Waals surface area contributed by atoms with Crippen molar-refractivity contribution in [1.29, 1.82) is 0 Å². The summed E-state index contributed by atoms with van der Waals surface area (Å²) in [7, 11) is 0. The Bertz CT molecular complexity index is 432. The first-order valence-corrected chi connectivity index (χ1v) is 6.71. The fraction of sp³-hybridized carbons (Fsp3) is 0.364. The summed E-state index contributed by atoms with van der Waals surface area (Å²) in [4.78, 5) is 26.1. The lowest BCUT2D eigenvalue weighted by Crippen LogP contribution is -2.44. The van der Waals surface area contributed by atoms with Gasteiger partial charge in [-0.25, -0.2) is 0 Å². The largest absolute Gasteiger partial charge is 0.392 e. The first-order chi connectivity index (χ1) is 8.54. The average Bonchev–Trinajstić information content (AvgIpc) is 2.84. The van der Waals surface area contributed by atoms with Crippen LogP contribution in [0, 0.1) is 0 Å². The van der Waals surface area contributed by atoms with Gasteiger partial charge in [0, 0.05) is 11.4 Å². The number of hydrogen-bond donors (Lipinski definition) is 2. The van der Waals surface area contributed by atoms with E-state index in [1.165, 1.54) is 4.90 Å². The second-order valence-electron chi connectivity index (χ2n) is 3.55. The molecule has 0 aromatic carbocycles. The number of hydrogen-bond acceptors (Lipinski definition) is 4. The lowest BCUT2D eigenvalue weighted by Gasteiger charge is -2.19. The minimum Gasteiger partial charge on any atom is -0.392 e. The Hall–Kier alpha value is -1.47. The summed E-state index contributed by atoms with van der Waals surface area (Å²) < 4.78 is 0. The number of likely N-dealkylation sites (N-methyl/N-ethyl adjacent to an activating group) is 1. The summed E-state index contributed by atoms with van der Waals surface area (Å²) in [6.07, 6.45) is 0. The highest BCUT2D eigenvalue weighted by atomic mass is 32.1. The smallest absolute Gasteiger partial charge is 0.312 e. The van der Waals surface area contributed by atoms with Crippen LogP contribution in [0.15, 0.2) is 17.5 Å². The summed E-state index contributed by atoms with van der Waals surface area (Å²) in [5.41, 5.74) is 5.25. The third-order valence-electron chi connectivity index (χ3n) is 2.21. The van der Waals surface area contributed by atoms with Crippen LogP contribution in [-0.2, 0) is 16.1 Å². The van der Waals surface area contributed by atoms with Crippen molar-refractivity contribution in [2.24, 2.45) is 5.73 Å². The predicted octanol–water partition coefficient (Wildman–Crippen LogP) is 0.499. The van der Waals surface area contributed by atoms with Crippen LogP contribution < -0.4 is 11.1 Å². The molecule has 0 spiro atoms. The molecule has 0 saturated heterocycles. The molecule has 2 amide bonds. The van der Waals surface area contributed by atoms with Gasteiger partial charge < -0.3 is 16.0 Å². The molecule has 0 unspecified atom stereocenters. The highest BCUT2D eigenvalue weighted by Gasteiger charge is 2.20. The molecule has 0 aliphatic heterocycles. The molecule has 0 saturated carbocycles. The van der Waals surface area contributed by atoms with Crippen LogP contribution in [0.5, 0.6) is 0 Å². The van der Waals surface area contributed by atoms with Crippen molar-refractivity contribution < 1.29 is 9.59 Å². The Kier molecular flexibility index (Phi) is 5.73. The quantitative estimate of drug-likeness (QED) is 0.610. The first-order valence-electron chi connectivity index (χ1n) is 5.42. The number of rotatable bonds is 5. The van der Waals surface area contributed by atoms with Crippen LogP contribution >= 0.6 is 23.6 Å². The number of thiophene rings is 1. The van der Waals surface area contributed by atoms with Crippen molar-refractivity contribution in [2.45, 2.75) is 13.5 Å². The molecule has 0 aliphatic carbocycles. The SMILES string of the molecule is CCN(Cc1cccs1)C(=O)C(=O)NCC(N)=S. The molecule has 0 atom stereocenters. The summed E-state index contributed by atoms with van der Waals surface area (Å²) in [5.74, 6) is -1.25. The Labute approximate surface area is 115 Å². The van der Waals surface area contributed by atoms with Crippen molar-refractivity contribution in [3.8, 4) is 0 Å². The molecule has 0 radical (unpaired) electrons. The van der Waals surface area contributed by atoms with Gasteiger partial charge in [-0.2, -0.15) is 0 Å². The lowest BCUT2D eigenvalue weighted by atomic mass is 10.3. The molecule has 0 fully saturated rings. The van der Waals surface area contributed by atoms with Gasteiger partial charge in [-0.3, -0.25) is 9.59 Å². The number of nitrogens with zero attached hydrogens (tertiary/aromatic N) is 1. The van der Waals surface area contributed by atoms with Crippen molar-refractivity contribution >= 4 is 40.4 Å². The monoisotopic (exact) mass is 285 g/mol. The molecule has 1 rings (SSSR count). The second-order valence-corrected chi connectivity index (χ2v) is 5.10. The second kappa shape index (κ2) is 7.07. The summed E-state index contributed by atoms with van der Waals surface area (Å²) >= 11 is 6.18. The van der Waals surface area contributed by atoms with E-state index in [0.29, 0.717) is 13.1 Å². The van der Waals surface area contributed by atoms with Gasteiger partial charge in [-0.15, -0.1) is 11.3 Å². The Morgan fingerprint density at radius 2 is 2.28 bits per heavy atom. The number of nitrogens with two attached hydrogens (primary N) is 1. The van der Waals surface area contributed by atoms with Gasteiger partial charge >= 0.3 is 11.8 Å². The van der Waals surface area contributed by atoms with E-state index in [9.17, 15) is 9.59 Å². The van der Waals surface area contributed by atoms with Gasteiger partial charge in [-0.1, -0.05) is 18.3 Å². The van der Waals surface area contributed by atoms with E-state index in [-0.39, 0.29) is 11.5 Å². The number of carbonyl (C=O) groups excluding carboxylic acids is 2. The maximum absolute atomic E-state index is 11.8. The van der Waals surface area contributed by atoms with E-state index in [4.69, 9.17) is 5.73 Å². The van der Waals surface area contributed by atoms with Gasteiger partial charge in [-0.05, 0) is 18.4 Å². The molecule has 3 N–H and O–H groups in total. The minimum absolute atomic E-state index is 0.0382. The van der Waals surface area contributed by atoms with Crippen molar-refractivity contribution in [2.75, 3.05) is 13.1 Å². The molecule has 18 heavy (non-hydrogen) atoms. The predicted molar refractivity (Wildman–Crippen MR) is 75.2 cm³/mol. The first kappa shape index (κ1) is 14.6. The third kappa shape index (κ3) is 4.42. The van der Waals surface area contributed by atoms with E-state index in [2.05, 4.69) is 17.5 Å². The van der Waals surface area contributed by atoms with Crippen molar-refractivity contribution in [3.63, 3.8) is 0 Å². The third-order valence-corrected chi connectivity index (χ3v) is 3.22. The summed E-state index contributed by atoms with van der Waals surface area (Å²) in [5, 5.41) is 4.31. The Balaban J connectivity index is 2.56. The van der Waals surface area contributed by atoms with Gasteiger partial charge in [0.25, 0.3) is 0 Å². The summed E-state index contributed by atoms with van der Waals surface area (Å²) in [6.45, 7) is 2.77. The van der Waals surface area contributed by atoms with Gasteiger partial charge in [0.05, 0.1) is 18.1 Å². The lowest BCUT2D eigenvalue weighted by molar-refractivity contribution is -0.145. The molecule has 1 heterocycles. The highest BCUT2D eigenvalue weighted by molar-refractivity contribution is 7.80. The molecular weight excluding hydrogens is 270 g/mol. The maximum atomic E-state index is 11.8. The van der Waals surface area contributed by atoms with Crippen LogP contribution in [0.2, 0.25) is 0 Å². The topological polar surface area (TPSA) is 75.4 Å². The van der Waals surface area contributed by atoms with Crippen LogP contribution in [-0.4, -0.2) is 34.8 Å². The van der Waals surface area contributed by atoms with Crippen LogP contribution in [0.25, 0.3) is 0 Å². The van der Waals surface area contributed by atoms with E-state index < -0.39 is 11.8 Å². The van der Waals surface area contributed by atoms with E-state index in [1.54, 1.807) is 11.3 Å². The zero-order valence-corrected chi connectivity index (χ0v) is 11.6. The average molecular weight is 285 g/mol. The zero-order chi connectivity index (χ0) is 13.5. The molecular formula is C11H15N3O2S2. The highest BCUT2D eigenvalue weighted by Crippen LogP contribution is 2.11. The standard InChI is InChI=1S/C11H15N3O2S2/c1-2-14(7-8-4-3-5-18-8)11(16)10(15)13-6-9(12)17/h3-5H,2,6-7H2,1H3,(H2,12,17)(H,13,15). The van der Waals surface area contributed by atoms with E-state index in [1.807, 2.05) is 24.4 Å². The van der Waals surface area contributed by atoms with Gasteiger partial charge in [0.1, 0.15) is 0 Å². The number of carbonyl (C=O) groups is 2. The number of thiocarbonyl (C=S) groups is 1. The van der Waals surface area contributed by atoms with Crippen LogP contribution in [0.3, 0.4) is 0 Å². The van der Waals surface area contributed by atoms with Crippen molar-refractivity contribution in [1.82, 2.24) is 10.2 Å². The molecule has 0 aliphatic rings. The minimum atomic E-state index is -0.679. The van der Waals surface area contributed by atoms with E-state index in [0.717, 1.165) is 4.88 Å². The Morgan fingerprint density at radius 3 is 2.78 bits per heavy atom. The van der Waals surface area contributed by atoms with Crippen LogP contribution in [0.4, 0.5) is 0 Å². The molecule has 7 heteroatoms. The maximum Gasteiger partial charge on any atom is 0.312 e. The molecule has 0 bridgehead atoms. The van der Waals surface area contributed by atoms with Crippen LogP contribution in [0.1, 0.15) is 11.8 Å². The number of nitrogens with one attached hydrogen (secondary N) is 1. The Morgan fingerprint density at radius 1 is 1.56 bits per heavy atom. The fourth-order valence-corrected chi connectivity index (χ4v) is 2.10. The van der Waals surface area contributed by atoms with Crippen molar-refractivity contribution in [3.05, 3.63) is 22.4 Å². The molecule has 98 valence electrons. The van der Waals surface area contributed by atoms with E-state index >= 15 is 0 Å². The zero-order valence-electron chi connectivity index (χ0n) is 10.0. The normalized spacial score (nSPS) is 9.83. The molecule has 1 aromatic rings. The molecule has 5 nitrogen and oxygen atoms in total.